The molecule has 1 aromatic heterocycles. The topological polar surface area (TPSA) is 118 Å². The van der Waals surface area contributed by atoms with E-state index >= 15 is 0 Å². The van der Waals surface area contributed by atoms with Gasteiger partial charge in [0.1, 0.15) is 5.15 Å². The number of hydrogen-bond donors (Lipinski definition) is 2. The number of ether oxygens (including phenoxy) is 1. The highest BCUT2D eigenvalue weighted by Gasteiger charge is 2.20. The molecule has 36 heavy (non-hydrogen) atoms. The number of benzene rings is 3. The zero-order chi connectivity index (χ0) is 25.7. The molecule has 2 N–H and O–H groups in total. The third kappa shape index (κ3) is 6.06. The van der Waals surface area contributed by atoms with Crippen molar-refractivity contribution in [2.45, 2.75) is 25.0 Å². The molecule has 0 atom stereocenters. The fraction of sp³-hybridized carbons (Fsp3) is 0.115. The minimum atomic E-state index is -4.17. The molecule has 10 heteroatoms. The lowest BCUT2D eigenvalue weighted by Crippen LogP contribution is -2.16. The maximum absolute atomic E-state index is 12.9. The van der Waals surface area contributed by atoms with Gasteiger partial charge >= 0.3 is 5.97 Å². The average molecular weight is 524 g/mol. The summed E-state index contributed by atoms with van der Waals surface area (Å²) in [6, 6.07) is 22.0. The van der Waals surface area contributed by atoms with E-state index in [1.807, 2.05) is 55.5 Å². The van der Waals surface area contributed by atoms with Crippen LogP contribution in [0.4, 0.5) is 5.95 Å². The van der Waals surface area contributed by atoms with Crippen molar-refractivity contribution < 1.29 is 23.1 Å². The Morgan fingerprint density at radius 1 is 0.972 bits per heavy atom. The van der Waals surface area contributed by atoms with Crippen LogP contribution in [0.5, 0.6) is 0 Å². The quantitative estimate of drug-likeness (QED) is 0.285. The first-order chi connectivity index (χ1) is 17.2. The van der Waals surface area contributed by atoms with Crippen LogP contribution in [0.2, 0.25) is 5.15 Å². The number of hydrogen-bond acceptors (Lipinski definition) is 6. The van der Waals surface area contributed by atoms with E-state index in [4.69, 9.17) is 16.3 Å². The van der Waals surface area contributed by atoms with Crippen LogP contribution in [0.25, 0.3) is 11.3 Å². The maximum Gasteiger partial charge on any atom is 0.335 e. The predicted octanol–water partition coefficient (Wildman–Crippen LogP) is 5.32. The van der Waals surface area contributed by atoms with Crippen molar-refractivity contribution in [3.8, 4) is 11.3 Å². The van der Waals surface area contributed by atoms with Crippen LogP contribution in [0.3, 0.4) is 0 Å². The minimum Gasteiger partial charge on any atom is -0.478 e. The Bertz CT molecular complexity index is 1510. The van der Waals surface area contributed by atoms with E-state index in [9.17, 15) is 18.3 Å². The van der Waals surface area contributed by atoms with Gasteiger partial charge in [-0.1, -0.05) is 66.2 Å². The molecule has 8 nitrogen and oxygen atoms in total. The number of carbonyl (C=O) groups is 1. The summed E-state index contributed by atoms with van der Waals surface area (Å²) in [7, 11) is -4.17. The minimum absolute atomic E-state index is 0.0383. The van der Waals surface area contributed by atoms with Gasteiger partial charge in [0.15, 0.2) is 0 Å². The van der Waals surface area contributed by atoms with Gasteiger partial charge in [-0.25, -0.2) is 27.9 Å². The van der Waals surface area contributed by atoms with Gasteiger partial charge in [0, 0.05) is 11.6 Å². The highest BCUT2D eigenvalue weighted by molar-refractivity contribution is 7.92. The van der Waals surface area contributed by atoms with Gasteiger partial charge in [-0.15, -0.1) is 0 Å². The lowest BCUT2D eigenvalue weighted by Gasteiger charge is -2.14. The number of aromatic carboxylic acids is 1. The number of carboxylic acid groups (broad SMARTS) is 1. The van der Waals surface area contributed by atoms with Crippen LogP contribution in [0.15, 0.2) is 83.8 Å². The van der Waals surface area contributed by atoms with Gasteiger partial charge in [-0.2, -0.15) is 0 Å². The zero-order valence-corrected chi connectivity index (χ0v) is 20.8. The van der Waals surface area contributed by atoms with Crippen molar-refractivity contribution in [2.24, 2.45) is 0 Å². The van der Waals surface area contributed by atoms with Gasteiger partial charge < -0.3 is 9.84 Å². The Hall–Kier alpha value is -3.79. The molecule has 0 bridgehead atoms. The van der Waals surface area contributed by atoms with Crippen LogP contribution in [-0.4, -0.2) is 29.5 Å². The molecule has 4 aromatic rings. The summed E-state index contributed by atoms with van der Waals surface area (Å²) in [6.07, 6.45) is 0. The number of aryl methyl sites for hydroxylation is 1. The number of carboxylic acids is 1. The number of anilines is 1. The maximum atomic E-state index is 12.9. The molecule has 0 aliphatic heterocycles. The Morgan fingerprint density at radius 3 is 2.47 bits per heavy atom. The second-order valence-electron chi connectivity index (χ2n) is 7.93. The lowest BCUT2D eigenvalue weighted by molar-refractivity contribution is 0.0696. The Morgan fingerprint density at radius 2 is 1.72 bits per heavy atom. The van der Waals surface area contributed by atoms with Crippen LogP contribution < -0.4 is 4.72 Å². The van der Waals surface area contributed by atoms with E-state index in [1.165, 1.54) is 18.2 Å². The molecule has 0 aliphatic rings. The molecule has 0 radical (unpaired) electrons. The highest BCUT2D eigenvalue weighted by atomic mass is 35.5. The molecule has 0 fully saturated rings. The van der Waals surface area contributed by atoms with E-state index in [0.717, 1.165) is 28.3 Å². The SMILES string of the molecule is Cc1cccc(COCc2ccccc2)c1-c1cc(Cl)nc(NS(=O)(=O)c2cccc(C(=O)O)c2)n1. The molecule has 3 aromatic carbocycles. The molecule has 1 heterocycles. The van der Waals surface area contributed by atoms with E-state index in [2.05, 4.69) is 14.7 Å². The van der Waals surface area contributed by atoms with Gasteiger partial charge in [0.05, 0.1) is 29.4 Å². The molecule has 184 valence electrons. The van der Waals surface area contributed by atoms with Crippen LogP contribution in [-0.2, 0) is 28.0 Å². The summed E-state index contributed by atoms with van der Waals surface area (Å²) >= 11 is 6.24. The van der Waals surface area contributed by atoms with Gasteiger partial charge in [-0.05, 0) is 41.8 Å². The normalized spacial score (nSPS) is 11.3. The molecular weight excluding hydrogens is 502 g/mol. The largest absolute Gasteiger partial charge is 0.478 e. The molecule has 0 spiro atoms. The molecule has 0 aliphatic carbocycles. The average Bonchev–Trinajstić information content (AvgIpc) is 2.84. The lowest BCUT2D eigenvalue weighted by atomic mass is 9.99. The van der Waals surface area contributed by atoms with E-state index < -0.39 is 16.0 Å². The zero-order valence-electron chi connectivity index (χ0n) is 19.2. The summed E-state index contributed by atoms with van der Waals surface area (Å²) in [5.74, 6) is -1.48. The summed E-state index contributed by atoms with van der Waals surface area (Å²) in [4.78, 5) is 19.4. The molecule has 0 saturated carbocycles. The van der Waals surface area contributed by atoms with E-state index in [1.54, 1.807) is 6.07 Å². The summed E-state index contributed by atoms with van der Waals surface area (Å²) in [5.41, 5.74) is 3.80. The van der Waals surface area contributed by atoms with Gasteiger partial charge in [-0.3, -0.25) is 0 Å². The van der Waals surface area contributed by atoms with Crippen molar-refractivity contribution >= 4 is 33.5 Å². The Kier molecular flexibility index (Phi) is 7.64. The van der Waals surface area contributed by atoms with E-state index in [0.29, 0.717) is 18.9 Å². The third-order valence-corrected chi connectivity index (χ3v) is 6.82. The monoisotopic (exact) mass is 523 g/mol. The summed E-state index contributed by atoms with van der Waals surface area (Å²) < 4.78 is 34.0. The van der Waals surface area contributed by atoms with Crippen molar-refractivity contribution in [3.63, 3.8) is 0 Å². The number of rotatable bonds is 9. The van der Waals surface area contributed by atoms with Gasteiger partial charge in [0.25, 0.3) is 10.0 Å². The highest BCUT2D eigenvalue weighted by Crippen LogP contribution is 2.30. The molecule has 0 saturated heterocycles. The first kappa shape index (κ1) is 25.3. The first-order valence-corrected chi connectivity index (χ1v) is 12.7. The van der Waals surface area contributed by atoms with Crippen LogP contribution in [0.1, 0.15) is 27.0 Å². The molecular formula is C26H22ClN3O5S. The van der Waals surface area contributed by atoms with E-state index in [-0.39, 0.29) is 21.6 Å². The smallest absolute Gasteiger partial charge is 0.335 e. The second kappa shape index (κ2) is 10.9. The second-order valence-corrected chi connectivity index (χ2v) is 10.00. The first-order valence-electron chi connectivity index (χ1n) is 10.8. The summed E-state index contributed by atoms with van der Waals surface area (Å²) in [5, 5.41) is 9.21. The Balaban J connectivity index is 1.62. The Labute approximate surface area is 213 Å². The van der Waals surface area contributed by atoms with Crippen molar-refractivity contribution in [1.82, 2.24) is 9.97 Å². The fourth-order valence-electron chi connectivity index (χ4n) is 3.64. The molecule has 0 unspecified atom stereocenters. The number of aromatic nitrogens is 2. The molecule has 4 rings (SSSR count). The number of nitrogens with zero attached hydrogens (tertiary/aromatic N) is 2. The van der Waals surface area contributed by atoms with Crippen molar-refractivity contribution in [1.29, 1.82) is 0 Å². The van der Waals surface area contributed by atoms with Crippen LogP contribution in [0, 0.1) is 6.92 Å². The van der Waals surface area contributed by atoms with Gasteiger partial charge in [0.2, 0.25) is 5.95 Å². The standard InChI is InChI=1S/C26H22ClN3O5S/c1-17-7-5-11-20(16-35-15-18-8-3-2-4-9-18)24(17)22-14-23(27)29-26(28-22)30-36(33,34)21-12-6-10-19(13-21)25(31)32/h2-14H,15-16H2,1H3,(H,31,32)(H,28,29,30). The van der Waals surface area contributed by atoms with Crippen molar-refractivity contribution in [2.75, 3.05) is 4.72 Å². The van der Waals surface area contributed by atoms with Crippen molar-refractivity contribution in [3.05, 3.63) is 106 Å². The van der Waals surface area contributed by atoms with Crippen LogP contribution >= 0.6 is 11.6 Å². The molecule has 0 amide bonds. The number of halogens is 1. The number of sulfonamides is 1. The third-order valence-electron chi connectivity index (χ3n) is 5.30. The summed E-state index contributed by atoms with van der Waals surface area (Å²) in [6.45, 7) is 2.64. The predicted molar refractivity (Wildman–Crippen MR) is 136 cm³/mol. The fourth-order valence-corrected chi connectivity index (χ4v) is 4.81. The number of nitrogens with one attached hydrogen (secondary N) is 1.